The lowest BCUT2D eigenvalue weighted by atomic mass is 10.6. The molecule has 1 aliphatic heterocycles. The molecule has 0 aromatic heterocycles. The first-order valence-corrected chi connectivity index (χ1v) is 3.10. The molecule has 10 heavy (non-hydrogen) atoms. The third kappa shape index (κ3) is 1.62. The fourth-order valence-corrected chi connectivity index (χ4v) is 0.842. The van der Waals surface area contributed by atoms with Crippen LogP contribution in [0, 0.1) is 0 Å². The molecule has 1 heterocycles. The van der Waals surface area contributed by atoms with E-state index in [9.17, 15) is 0 Å². The topological polar surface area (TPSA) is 50.9 Å². The zero-order valence-electron chi connectivity index (χ0n) is 5.54. The van der Waals surface area contributed by atoms with Gasteiger partial charge in [0.25, 0.3) is 0 Å². The van der Waals surface area contributed by atoms with E-state index in [2.05, 4.69) is 4.99 Å². The second-order valence-corrected chi connectivity index (χ2v) is 2.27. The average molecular weight is 162 g/mol. The summed E-state index contributed by atoms with van der Waals surface area (Å²) in [5.41, 5.74) is 0. The van der Waals surface area contributed by atoms with Crippen LogP contribution >= 0.6 is 11.6 Å². The van der Waals surface area contributed by atoms with Crippen molar-refractivity contribution in [2.75, 3.05) is 13.7 Å². The van der Waals surface area contributed by atoms with E-state index in [0.29, 0.717) is 17.6 Å². The number of hydrazine groups is 1. The van der Waals surface area contributed by atoms with Crippen LogP contribution in [0.5, 0.6) is 0 Å². The van der Waals surface area contributed by atoms with E-state index < -0.39 is 0 Å². The van der Waals surface area contributed by atoms with Gasteiger partial charge in [0.2, 0.25) is 5.88 Å². The molecule has 2 N–H and O–H groups in total. The van der Waals surface area contributed by atoms with Crippen molar-refractivity contribution >= 4 is 16.8 Å². The van der Waals surface area contributed by atoms with E-state index in [0.717, 1.165) is 0 Å². The number of hydrogen-bond donors (Lipinski definition) is 1. The molecule has 0 bridgehead atoms. The van der Waals surface area contributed by atoms with Crippen LogP contribution in [0.15, 0.2) is 17.1 Å². The predicted molar refractivity (Wildman–Crippen MR) is 39.3 cm³/mol. The molecular formula is C5H8ClN3O. The third-order valence-corrected chi connectivity index (χ3v) is 1.23. The van der Waals surface area contributed by atoms with Gasteiger partial charge in [-0.05, 0) is 0 Å². The molecule has 0 aromatic rings. The van der Waals surface area contributed by atoms with Crippen LogP contribution < -0.4 is 5.84 Å². The normalized spacial score (nSPS) is 18.1. The third-order valence-electron chi connectivity index (χ3n) is 1.03. The molecule has 5 heteroatoms. The summed E-state index contributed by atoms with van der Waals surface area (Å²) in [5.74, 6) is 5.83. The molecule has 0 saturated heterocycles. The Morgan fingerprint density at radius 2 is 2.60 bits per heavy atom. The number of hydrogen-bond acceptors (Lipinski definition) is 4. The first-order chi connectivity index (χ1) is 4.72. The summed E-state index contributed by atoms with van der Waals surface area (Å²) < 4.78 is 4.80. The lowest BCUT2D eigenvalue weighted by Crippen LogP contribution is -2.32. The minimum atomic E-state index is 0.429. The largest absolute Gasteiger partial charge is 0.480 e. The lowest BCUT2D eigenvalue weighted by molar-refractivity contribution is 0.268. The summed E-state index contributed by atoms with van der Waals surface area (Å²) in [6.45, 7) is 0.439. The van der Waals surface area contributed by atoms with Gasteiger partial charge in [-0.3, -0.25) is 0 Å². The van der Waals surface area contributed by atoms with Gasteiger partial charge in [-0.1, -0.05) is 11.6 Å². The second-order valence-electron chi connectivity index (χ2n) is 1.83. The summed E-state index contributed by atoms with van der Waals surface area (Å²) in [7, 11) is 1.51. The first-order valence-electron chi connectivity index (χ1n) is 2.72. The predicted octanol–water partition coefficient (Wildman–Crippen LogP) is 0.258. The highest BCUT2D eigenvalue weighted by atomic mass is 35.5. The van der Waals surface area contributed by atoms with Gasteiger partial charge >= 0.3 is 0 Å². The highest BCUT2D eigenvalue weighted by Crippen LogP contribution is 2.06. The zero-order chi connectivity index (χ0) is 7.56. The SMILES string of the molecule is COC1=CN(N)CC(Cl)=N1. The molecule has 4 nitrogen and oxygen atoms in total. The van der Waals surface area contributed by atoms with Crippen molar-refractivity contribution in [2.24, 2.45) is 10.8 Å². The van der Waals surface area contributed by atoms with Crippen molar-refractivity contribution in [3.8, 4) is 0 Å². The Balaban J connectivity index is 2.72. The highest BCUT2D eigenvalue weighted by Gasteiger charge is 2.08. The van der Waals surface area contributed by atoms with E-state index in [1.165, 1.54) is 12.1 Å². The molecule has 0 saturated carbocycles. The maximum Gasteiger partial charge on any atom is 0.232 e. The van der Waals surface area contributed by atoms with Crippen LogP contribution in [0.1, 0.15) is 0 Å². The maximum atomic E-state index is 5.59. The Kier molecular flexibility index (Phi) is 2.13. The van der Waals surface area contributed by atoms with Crippen molar-refractivity contribution in [1.29, 1.82) is 0 Å². The number of aliphatic imine (C=N–C) groups is 1. The van der Waals surface area contributed by atoms with Gasteiger partial charge < -0.3 is 9.75 Å². The average Bonchev–Trinajstić information content (AvgIpc) is 1.85. The minimum absolute atomic E-state index is 0.429. The molecule has 1 rings (SSSR count). The van der Waals surface area contributed by atoms with E-state index in [1.807, 2.05) is 0 Å². The van der Waals surface area contributed by atoms with Crippen LogP contribution in [0.2, 0.25) is 0 Å². The van der Waals surface area contributed by atoms with Gasteiger partial charge in [-0.2, -0.15) is 0 Å². The molecule has 1 aliphatic rings. The van der Waals surface area contributed by atoms with Crippen LogP contribution in [-0.4, -0.2) is 23.8 Å². The molecule has 0 spiro atoms. The Morgan fingerprint density at radius 3 is 3.10 bits per heavy atom. The number of nitrogens with zero attached hydrogens (tertiary/aromatic N) is 2. The maximum absolute atomic E-state index is 5.59. The monoisotopic (exact) mass is 161 g/mol. The van der Waals surface area contributed by atoms with E-state index in [-0.39, 0.29) is 0 Å². The molecule has 0 aromatic carbocycles. The van der Waals surface area contributed by atoms with E-state index >= 15 is 0 Å². The van der Waals surface area contributed by atoms with Gasteiger partial charge in [-0.25, -0.2) is 10.8 Å². The van der Waals surface area contributed by atoms with E-state index in [1.54, 1.807) is 6.20 Å². The van der Waals surface area contributed by atoms with Crippen molar-refractivity contribution in [1.82, 2.24) is 5.01 Å². The molecule has 0 atom stereocenters. The summed E-state index contributed by atoms with van der Waals surface area (Å²) in [5, 5.41) is 1.84. The summed E-state index contributed by atoms with van der Waals surface area (Å²) in [4.78, 5) is 3.85. The second kappa shape index (κ2) is 2.90. The molecule has 0 unspecified atom stereocenters. The Bertz CT molecular complexity index is 189. The number of halogens is 1. The number of rotatable bonds is 1. The van der Waals surface area contributed by atoms with Gasteiger partial charge in [0.15, 0.2) is 0 Å². The van der Waals surface area contributed by atoms with Crippen LogP contribution in [-0.2, 0) is 4.74 Å². The molecular weight excluding hydrogens is 154 g/mol. The van der Waals surface area contributed by atoms with Crippen molar-refractivity contribution in [2.45, 2.75) is 0 Å². The summed E-state index contributed by atoms with van der Waals surface area (Å²) in [6, 6.07) is 0. The Labute approximate surface area is 63.9 Å². The quantitative estimate of drug-likeness (QED) is 0.562. The molecule has 0 amide bonds. The molecule has 0 radical (unpaired) electrons. The van der Waals surface area contributed by atoms with Crippen LogP contribution in [0.3, 0.4) is 0 Å². The molecule has 0 fully saturated rings. The fourth-order valence-electron chi connectivity index (χ4n) is 0.620. The van der Waals surface area contributed by atoms with Gasteiger partial charge in [-0.15, -0.1) is 0 Å². The molecule has 0 aliphatic carbocycles. The van der Waals surface area contributed by atoms with Gasteiger partial charge in [0, 0.05) is 0 Å². The fraction of sp³-hybridized carbons (Fsp3) is 0.400. The number of methoxy groups -OCH3 is 1. The van der Waals surface area contributed by atoms with Crippen LogP contribution in [0.25, 0.3) is 0 Å². The van der Waals surface area contributed by atoms with Gasteiger partial charge in [0.05, 0.1) is 19.9 Å². The van der Waals surface area contributed by atoms with E-state index in [4.69, 9.17) is 22.2 Å². The summed E-state index contributed by atoms with van der Waals surface area (Å²) in [6.07, 6.45) is 1.58. The van der Waals surface area contributed by atoms with Crippen LogP contribution in [0.4, 0.5) is 0 Å². The minimum Gasteiger partial charge on any atom is -0.480 e. The number of nitrogens with two attached hydrogens (primary N) is 1. The Hall–Kier alpha value is -0.740. The number of ether oxygens (including phenoxy) is 1. The Morgan fingerprint density at radius 1 is 1.90 bits per heavy atom. The smallest absolute Gasteiger partial charge is 0.232 e. The van der Waals surface area contributed by atoms with Gasteiger partial charge in [0.1, 0.15) is 5.17 Å². The summed E-state index contributed by atoms with van der Waals surface area (Å²) >= 11 is 5.59. The highest BCUT2D eigenvalue weighted by molar-refractivity contribution is 6.66. The van der Waals surface area contributed by atoms with Crippen molar-refractivity contribution in [3.05, 3.63) is 12.1 Å². The molecule has 56 valence electrons. The van der Waals surface area contributed by atoms with Crippen molar-refractivity contribution in [3.63, 3.8) is 0 Å². The first kappa shape index (κ1) is 7.37. The standard InChI is InChI=1S/C5H8ClN3O/c1-10-5-3-9(7)2-4(6)8-5/h3H,2,7H2,1H3. The lowest BCUT2D eigenvalue weighted by Gasteiger charge is -2.17. The zero-order valence-corrected chi connectivity index (χ0v) is 6.30. The van der Waals surface area contributed by atoms with Crippen molar-refractivity contribution < 1.29 is 4.74 Å².